The largest absolute Gasteiger partial charge is 0.464 e. The number of fused-ring (bicyclic) bond motifs is 1. The smallest absolute Gasteiger partial charge is 0.332 e. The summed E-state index contributed by atoms with van der Waals surface area (Å²) in [7, 11) is 2.42. The number of unbranched alkanes of at least 4 members (excludes halogenated alkanes) is 4. The second kappa shape index (κ2) is 10.4. The molecule has 2 aliphatic rings. The van der Waals surface area contributed by atoms with Gasteiger partial charge in [-0.05, 0) is 32.1 Å². The van der Waals surface area contributed by atoms with Crippen LogP contribution in [0.4, 0.5) is 0 Å². The highest BCUT2D eigenvalue weighted by Crippen LogP contribution is 2.36. The molecule has 0 unspecified atom stereocenters. The normalized spacial score (nSPS) is 29.9. The molecule has 0 radical (unpaired) electrons. The van der Waals surface area contributed by atoms with Crippen LogP contribution in [0.15, 0.2) is 0 Å². The average molecular weight is 341 g/mol. The summed E-state index contributed by atoms with van der Waals surface area (Å²) in [6.45, 7) is 6.25. The van der Waals surface area contributed by atoms with E-state index in [4.69, 9.17) is 9.47 Å². The summed E-state index contributed by atoms with van der Waals surface area (Å²) in [5, 5.41) is 0. The van der Waals surface area contributed by atoms with Gasteiger partial charge in [-0.2, -0.15) is 0 Å². The topological polar surface area (TPSA) is 35.5 Å². The molecule has 0 amide bonds. The van der Waals surface area contributed by atoms with Gasteiger partial charge in [0.2, 0.25) is 0 Å². The minimum atomic E-state index is -0.192. The van der Waals surface area contributed by atoms with Gasteiger partial charge in [-0.15, -0.1) is 0 Å². The van der Waals surface area contributed by atoms with Crippen molar-refractivity contribution in [3.05, 3.63) is 0 Å². The van der Waals surface area contributed by atoms with Crippen molar-refractivity contribution in [2.75, 3.05) is 40.0 Å². The first-order valence-corrected chi connectivity index (χ1v) is 10.2. The maximum atomic E-state index is 11.8. The molecule has 0 aliphatic carbocycles. The predicted octanol–water partition coefficient (Wildman–Crippen LogP) is 3.93. The number of hydrogen-bond donors (Lipinski definition) is 0. The van der Waals surface area contributed by atoms with Gasteiger partial charge in [0.05, 0.1) is 39.4 Å². The second-order valence-corrected chi connectivity index (χ2v) is 8.04. The lowest BCUT2D eigenvalue weighted by molar-refractivity contribution is -0.947. The van der Waals surface area contributed by atoms with Gasteiger partial charge in [-0.3, -0.25) is 0 Å². The molecule has 2 saturated heterocycles. The Morgan fingerprint density at radius 1 is 1.04 bits per heavy atom. The van der Waals surface area contributed by atoms with Crippen LogP contribution in [0.5, 0.6) is 0 Å². The highest BCUT2D eigenvalue weighted by atomic mass is 16.6. The van der Waals surface area contributed by atoms with E-state index in [2.05, 4.69) is 14.0 Å². The number of piperidine rings is 2. The third-order valence-electron chi connectivity index (χ3n) is 6.07. The van der Waals surface area contributed by atoms with E-state index in [1.165, 1.54) is 68.9 Å². The van der Waals surface area contributed by atoms with Crippen LogP contribution < -0.4 is 0 Å². The zero-order chi connectivity index (χ0) is 17.3. The van der Waals surface area contributed by atoms with E-state index in [0.29, 0.717) is 12.5 Å². The van der Waals surface area contributed by atoms with Crippen molar-refractivity contribution in [1.82, 2.24) is 0 Å². The maximum absolute atomic E-state index is 11.8. The summed E-state index contributed by atoms with van der Waals surface area (Å²) in [6.07, 6.45) is 12.5. The molecule has 4 heteroatoms. The number of quaternary nitrogens is 1. The Bertz CT molecular complexity index is 370. The van der Waals surface area contributed by atoms with Crippen molar-refractivity contribution in [3.8, 4) is 0 Å². The molecule has 24 heavy (non-hydrogen) atoms. The molecule has 0 aromatic carbocycles. The summed E-state index contributed by atoms with van der Waals surface area (Å²) >= 11 is 0. The second-order valence-electron chi connectivity index (χ2n) is 8.04. The molecule has 2 fully saturated rings. The Morgan fingerprint density at radius 3 is 2.67 bits per heavy atom. The Morgan fingerprint density at radius 2 is 1.83 bits per heavy atom. The SMILES string of the molecule is CCCCCCCOC(=O)COC[C@@H]1CCC[N@+]2(C)CCCC[C@H]12. The molecule has 0 N–H and O–H groups in total. The van der Waals surface area contributed by atoms with Gasteiger partial charge >= 0.3 is 5.97 Å². The lowest BCUT2D eigenvalue weighted by Crippen LogP contribution is -2.61. The average Bonchev–Trinajstić information content (AvgIpc) is 2.57. The number of ether oxygens (including phenoxy) is 2. The number of carbonyl (C=O) groups is 1. The molecule has 0 saturated carbocycles. The number of nitrogens with zero attached hydrogens (tertiary/aromatic N) is 1. The monoisotopic (exact) mass is 340 g/mol. The number of esters is 1. The molecule has 2 heterocycles. The summed E-state index contributed by atoms with van der Waals surface area (Å²) in [4.78, 5) is 11.8. The third kappa shape index (κ3) is 6.03. The number of hydrogen-bond acceptors (Lipinski definition) is 3. The zero-order valence-corrected chi connectivity index (χ0v) is 15.9. The molecule has 4 nitrogen and oxygen atoms in total. The molecule has 0 aromatic heterocycles. The van der Waals surface area contributed by atoms with E-state index in [9.17, 15) is 4.79 Å². The first kappa shape index (κ1) is 19.7. The van der Waals surface area contributed by atoms with Crippen molar-refractivity contribution in [3.63, 3.8) is 0 Å². The zero-order valence-electron chi connectivity index (χ0n) is 15.9. The molecule has 0 aromatic rings. The van der Waals surface area contributed by atoms with Crippen LogP contribution in [-0.4, -0.2) is 56.5 Å². The Kier molecular flexibility index (Phi) is 8.54. The van der Waals surface area contributed by atoms with Crippen molar-refractivity contribution < 1.29 is 18.8 Å². The van der Waals surface area contributed by atoms with Crippen LogP contribution in [0.1, 0.15) is 71.1 Å². The Labute approximate surface area is 148 Å². The fraction of sp³-hybridized carbons (Fsp3) is 0.950. The highest BCUT2D eigenvalue weighted by molar-refractivity contribution is 5.70. The highest BCUT2D eigenvalue weighted by Gasteiger charge is 2.43. The van der Waals surface area contributed by atoms with Crippen LogP contribution in [0, 0.1) is 5.92 Å². The summed E-state index contributed by atoms with van der Waals surface area (Å²) in [5.41, 5.74) is 0. The van der Waals surface area contributed by atoms with E-state index in [-0.39, 0.29) is 12.6 Å². The molecular formula is C20H38NO3+. The quantitative estimate of drug-likeness (QED) is 0.343. The number of carbonyl (C=O) groups excluding carboxylic acids is 1. The van der Waals surface area contributed by atoms with Crippen LogP contribution >= 0.6 is 0 Å². The van der Waals surface area contributed by atoms with E-state index in [1.54, 1.807) is 0 Å². The maximum Gasteiger partial charge on any atom is 0.332 e. The molecular weight excluding hydrogens is 302 g/mol. The van der Waals surface area contributed by atoms with Crippen LogP contribution in [0.2, 0.25) is 0 Å². The minimum Gasteiger partial charge on any atom is -0.464 e. The Balaban J connectivity index is 1.58. The van der Waals surface area contributed by atoms with Gasteiger partial charge in [-0.25, -0.2) is 4.79 Å². The van der Waals surface area contributed by atoms with E-state index in [1.807, 2.05) is 0 Å². The van der Waals surface area contributed by atoms with E-state index >= 15 is 0 Å². The lowest BCUT2D eigenvalue weighted by atomic mass is 9.82. The third-order valence-corrected chi connectivity index (χ3v) is 6.07. The van der Waals surface area contributed by atoms with Gasteiger partial charge in [0, 0.05) is 12.3 Å². The summed E-state index contributed by atoms with van der Waals surface area (Å²) in [5.74, 6) is 0.424. The van der Waals surface area contributed by atoms with Gasteiger partial charge in [0.25, 0.3) is 0 Å². The fourth-order valence-corrected chi connectivity index (χ4v) is 4.65. The number of rotatable bonds is 10. The van der Waals surface area contributed by atoms with Gasteiger partial charge in [0.15, 0.2) is 0 Å². The molecule has 0 spiro atoms. The van der Waals surface area contributed by atoms with Crippen LogP contribution in [0.25, 0.3) is 0 Å². The first-order valence-electron chi connectivity index (χ1n) is 10.2. The van der Waals surface area contributed by atoms with Crippen molar-refractivity contribution >= 4 is 5.97 Å². The van der Waals surface area contributed by atoms with Crippen molar-refractivity contribution in [1.29, 1.82) is 0 Å². The molecule has 2 rings (SSSR count). The Hall–Kier alpha value is -0.610. The van der Waals surface area contributed by atoms with E-state index in [0.717, 1.165) is 25.5 Å². The van der Waals surface area contributed by atoms with E-state index < -0.39 is 0 Å². The van der Waals surface area contributed by atoms with Crippen molar-refractivity contribution in [2.24, 2.45) is 5.92 Å². The molecule has 2 aliphatic heterocycles. The molecule has 140 valence electrons. The summed E-state index contributed by atoms with van der Waals surface area (Å²) in [6, 6.07) is 0.738. The summed E-state index contributed by atoms with van der Waals surface area (Å²) < 4.78 is 12.2. The van der Waals surface area contributed by atoms with Crippen LogP contribution in [-0.2, 0) is 14.3 Å². The lowest BCUT2D eigenvalue weighted by Gasteiger charge is -2.51. The van der Waals surface area contributed by atoms with Crippen molar-refractivity contribution in [2.45, 2.75) is 77.2 Å². The minimum absolute atomic E-state index is 0.127. The molecule has 0 bridgehead atoms. The van der Waals surface area contributed by atoms with Gasteiger partial charge in [-0.1, -0.05) is 32.6 Å². The molecule has 3 atom stereocenters. The van der Waals surface area contributed by atoms with Crippen LogP contribution in [0.3, 0.4) is 0 Å². The van der Waals surface area contributed by atoms with Gasteiger partial charge in [0.1, 0.15) is 6.61 Å². The first-order chi connectivity index (χ1) is 11.7. The fourth-order valence-electron chi connectivity index (χ4n) is 4.65. The van der Waals surface area contributed by atoms with Gasteiger partial charge < -0.3 is 14.0 Å². The standard InChI is InChI=1S/C20H38NO3/c1-3-4-5-6-9-15-24-20(22)17-23-16-18-11-10-14-21(2)13-8-7-12-19(18)21/h18-19H,3-17H2,1-2H3/q+1/t18-,19+,21-/m0/s1. The predicted molar refractivity (Wildman–Crippen MR) is 96.8 cm³/mol.